The quantitative estimate of drug-likeness (QED) is 0.663. The van der Waals surface area contributed by atoms with E-state index >= 15 is 0 Å². The lowest BCUT2D eigenvalue weighted by atomic mass is 9.79. The van der Waals surface area contributed by atoms with Gasteiger partial charge in [0, 0.05) is 6.07 Å². The summed E-state index contributed by atoms with van der Waals surface area (Å²) < 4.78 is 26.8. The van der Waals surface area contributed by atoms with Crippen molar-refractivity contribution in [3.8, 4) is 0 Å². The van der Waals surface area contributed by atoms with Gasteiger partial charge in [0.2, 0.25) is 0 Å². The number of hydrogen-bond acceptors (Lipinski definition) is 2. The molecule has 110 valence electrons. The van der Waals surface area contributed by atoms with Crippen molar-refractivity contribution in [2.24, 2.45) is 5.84 Å². The molecule has 0 saturated heterocycles. The fourth-order valence-electron chi connectivity index (χ4n) is 2.86. The molecule has 0 amide bonds. The molecule has 1 aliphatic carbocycles. The summed E-state index contributed by atoms with van der Waals surface area (Å²) in [5.41, 5.74) is 5.34. The number of rotatable bonds is 4. The Morgan fingerprint density at radius 1 is 1.00 bits per heavy atom. The number of hydrogen-bond donors (Lipinski definition) is 2. The van der Waals surface area contributed by atoms with Gasteiger partial charge in [-0.05, 0) is 47.6 Å². The standard InChI is InChI=1S/C17H18F2N2/c18-15-8-14(9-16(19)10-15)17(21-20)13-6-2-5-12(7-13)11-3-1-4-11/h2,5-11,17,21H,1,3-4,20H2. The first kappa shape index (κ1) is 14.2. The summed E-state index contributed by atoms with van der Waals surface area (Å²) in [5.74, 6) is 5.03. The van der Waals surface area contributed by atoms with E-state index in [0.29, 0.717) is 11.5 Å². The molecule has 2 aromatic carbocycles. The predicted molar refractivity (Wildman–Crippen MR) is 78.6 cm³/mol. The summed E-state index contributed by atoms with van der Waals surface area (Å²) in [6.07, 6.45) is 3.68. The van der Waals surface area contributed by atoms with E-state index in [-0.39, 0.29) is 0 Å². The Morgan fingerprint density at radius 2 is 1.71 bits per heavy atom. The van der Waals surface area contributed by atoms with Gasteiger partial charge in [0.1, 0.15) is 11.6 Å². The van der Waals surface area contributed by atoms with E-state index in [9.17, 15) is 8.78 Å². The van der Waals surface area contributed by atoms with Gasteiger partial charge < -0.3 is 0 Å². The zero-order chi connectivity index (χ0) is 14.8. The van der Waals surface area contributed by atoms with Crippen molar-refractivity contribution in [2.45, 2.75) is 31.2 Å². The molecule has 1 atom stereocenters. The van der Waals surface area contributed by atoms with Crippen LogP contribution in [0.4, 0.5) is 8.78 Å². The molecule has 0 aromatic heterocycles. The molecule has 3 rings (SSSR count). The van der Waals surface area contributed by atoms with Gasteiger partial charge in [-0.1, -0.05) is 30.7 Å². The highest BCUT2D eigenvalue weighted by molar-refractivity contribution is 5.36. The maximum absolute atomic E-state index is 13.4. The Morgan fingerprint density at radius 3 is 2.29 bits per heavy atom. The van der Waals surface area contributed by atoms with Crippen molar-refractivity contribution in [1.29, 1.82) is 0 Å². The number of nitrogens with two attached hydrogens (primary N) is 1. The van der Waals surface area contributed by atoms with Gasteiger partial charge in [-0.15, -0.1) is 0 Å². The number of halogens is 2. The molecular formula is C17H18F2N2. The van der Waals surface area contributed by atoms with Gasteiger partial charge in [0.25, 0.3) is 0 Å². The van der Waals surface area contributed by atoms with E-state index in [1.807, 2.05) is 12.1 Å². The molecule has 0 spiro atoms. The SMILES string of the molecule is NNC(c1cc(F)cc(F)c1)c1cccc(C2CCC2)c1. The van der Waals surface area contributed by atoms with Gasteiger partial charge in [0.05, 0.1) is 6.04 Å². The van der Waals surface area contributed by atoms with Crippen LogP contribution in [0.3, 0.4) is 0 Å². The maximum Gasteiger partial charge on any atom is 0.126 e. The molecule has 0 radical (unpaired) electrons. The largest absolute Gasteiger partial charge is 0.271 e. The zero-order valence-electron chi connectivity index (χ0n) is 11.7. The Hall–Kier alpha value is -1.78. The molecule has 2 aromatic rings. The lowest BCUT2D eigenvalue weighted by molar-refractivity contribution is 0.419. The molecule has 1 saturated carbocycles. The van der Waals surface area contributed by atoms with E-state index in [1.54, 1.807) is 0 Å². The second-order valence-electron chi connectivity index (χ2n) is 5.60. The summed E-state index contributed by atoms with van der Waals surface area (Å²) in [4.78, 5) is 0. The Labute approximate surface area is 122 Å². The smallest absolute Gasteiger partial charge is 0.126 e. The average Bonchev–Trinajstić information content (AvgIpc) is 2.37. The highest BCUT2D eigenvalue weighted by Gasteiger charge is 2.21. The fraction of sp³-hybridized carbons (Fsp3) is 0.294. The third kappa shape index (κ3) is 2.96. The summed E-state index contributed by atoms with van der Waals surface area (Å²) in [5, 5.41) is 0. The van der Waals surface area contributed by atoms with E-state index < -0.39 is 17.7 Å². The van der Waals surface area contributed by atoms with E-state index in [1.165, 1.54) is 37.0 Å². The van der Waals surface area contributed by atoms with Crippen LogP contribution in [0, 0.1) is 11.6 Å². The lowest BCUT2D eigenvalue weighted by Gasteiger charge is -2.27. The minimum Gasteiger partial charge on any atom is -0.271 e. The van der Waals surface area contributed by atoms with Gasteiger partial charge in [-0.2, -0.15) is 0 Å². The minimum atomic E-state index is -0.597. The molecule has 1 unspecified atom stereocenters. The second-order valence-corrected chi connectivity index (χ2v) is 5.60. The van der Waals surface area contributed by atoms with Crippen LogP contribution in [0.15, 0.2) is 42.5 Å². The van der Waals surface area contributed by atoms with Crippen LogP contribution in [0.2, 0.25) is 0 Å². The summed E-state index contributed by atoms with van der Waals surface area (Å²) in [7, 11) is 0. The molecule has 0 heterocycles. The first-order valence-corrected chi connectivity index (χ1v) is 7.19. The van der Waals surface area contributed by atoms with Crippen molar-refractivity contribution >= 4 is 0 Å². The summed E-state index contributed by atoms with van der Waals surface area (Å²) in [6.45, 7) is 0. The van der Waals surface area contributed by atoms with Gasteiger partial charge >= 0.3 is 0 Å². The predicted octanol–water partition coefficient (Wildman–Crippen LogP) is 3.79. The van der Waals surface area contributed by atoms with Crippen molar-refractivity contribution in [3.63, 3.8) is 0 Å². The zero-order valence-corrected chi connectivity index (χ0v) is 11.7. The fourth-order valence-corrected chi connectivity index (χ4v) is 2.86. The Kier molecular flexibility index (Phi) is 3.99. The van der Waals surface area contributed by atoms with E-state index in [4.69, 9.17) is 5.84 Å². The molecule has 1 fully saturated rings. The van der Waals surface area contributed by atoms with Crippen LogP contribution < -0.4 is 11.3 Å². The van der Waals surface area contributed by atoms with Gasteiger partial charge in [-0.25, -0.2) is 14.2 Å². The van der Waals surface area contributed by atoms with Crippen LogP contribution >= 0.6 is 0 Å². The number of benzene rings is 2. The second kappa shape index (κ2) is 5.92. The van der Waals surface area contributed by atoms with Crippen LogP contribution in [-0.2, 0) is 0 Å². The molecule has 21 heavy (non-hydrogen) atoms. The number of nitrogens with one attached hydrogen (secondary N) is 1. The van der Waals surface area contributed by atoms with Crippen LogP contribution in [-0.4, -0.2) is 0 Å². The molecule has 4 heteroatoms. The third-order valence-corrected chi connectivity index (χ3v) is 4.21. The molecule has 0 aliphatic heterocycles. The van der Waals surface area contributed by atoms with E-state index in [2.05, 4.69) is 17.6 Å². The molecule has 0 bridgehead atoms. The molecular weight excluding hydrogens is 270 g/mol. The average molecular weight is 288 g/mol. The van der Waals surface area contributed by atoms with Crippen molar-refractivity contribution in [1.82, 2.24) is 5.43 Å². The van der Waals surface area contributed by atoms with Crippen LogP contribution in [0.25, 0.3) is 0 Å². The molecule has 1 aliphatic rings. The van der Waals surface area contributed by atoms with E-state index in [0.717, 1.165) is 11.6 Å². The van der Waals surface area contributed by atoms with Crippen LogP contribution in [0.5, 0.6) is 0 Å². The molecule has 3 N–H and O–H groups in total. The Balaban J connectivity index is 1.95. The summed E-state index contributed by atoms with van der Waals surface area (Å²) in [6, 6.07) is 11.1. The Bertz CT molecular complexity index is 618. The van der Waals surface area contributed by atoms with Crippen molar-refractivity contribution in [3.05, 3.63) is 70.8 Å². The highest BCUT2D eigenvalue weighted by Crippen LogP contribution is 2.37. The first-order valence-electron chi connectivity index (χ1n) is 7.19. The maximum atomic E-state index is 13.4. The van der Waals surface area contributed by atoms with Crippen molar-refractivity contribution in [2.75, 3.05) is 0 Å². The van der Waals surface area contributed by atoms with Gasteiger partial charge in [-0.3, -0.25) is 5.84 Å². The topological polar surface area (TPSA) is 38.0 Å². The normalized spacial score (nSPS) is 16.5. The summed E-state index contributed by atoms with van der Waals surface area (Å²) >= 11 is 0. The van der Waals surface area contributed by atoms with Crippen molar-refractivity contribution < 1.29 is 8.78 Å². The minimum absolute atomic E-state index is 0.421. The van der Waals surface area contributed by atoms with Gasteiger partial charge in [0.15, 0.2) is 0 Å². The lowest BCUT2D eigenvalue weighted by Crippen LogP contribution is -2.29. The number of hydrazine groups is 1. The highest BCUT2D eigenvalue weighted by atomic mass is 19.1. The molecule has 2 nitrogen and oxygen atoms in total. The first-order chi connectivity index (χ1) is 10.2. The van der Waals surface area contributed by atoms with Crippen LogP contribution in [0.1, 0.15) is 47.9 Å². The monoisotopic (exact) mass is 288 g/mol. The third-order valence-electron chi connectivity index (χ3n) is 4.21.